The van der Waals surface area contributed by atoms with E-state index in [0.717, 1.165) is 28.6 Å². The highest BCUT2D eigenvalue weighted by Gasteiger charge is 2.31. The Morgan fingerprint density at radius 1 is 1.27 bits per heavy atom. The van der Waals surface area contributed by atoms with E-state index in [4.69, 9.17) is 0 Å². The standard InChI is InChI=1S/C18H19F2N5O/c19-17(20)11-24-9-7-15(22-24)18(26)25-8-3-4-13(25)10-23-12-21-14-5-1-2-6-16(14)23/h1-2,5-7,9,12-13,17H,3-4,8,10-11H2. The summed E-state index contributed by atoms with van der Waals surface area (Å²) in [4.78, 5) is 19.0. The Balaban J connectivity index is 1.51. The first-order valence-corrected chi connectivity index (χ1v) is 8.64. The molecule has 1 aliphatic heterocycles. The number of alkyl halides is 2. The molecule has 26 heavy (non-hydrogen) atoms. The van der Waals surface area contributed by atoms with E-state index in [9.17, 15) is 13.6 Å². The largest absolute Gasteiger partial charge is 0.332 e. The number of aromatic nitrogens is 4. The minimum Gasteiger partial charge on any atom is -0.332 e. The van der Waals surface area contributed by atoms with Crippen LogP contribution in [0.25, 0.3) is 11.0 Å². The molecule has 2 aromatic heterocycles. The molecule has 0 spiro atoms. The van der Waals surface area contributed by atoms with E-state index in [2.05, 4.69) is 14.6 Å². The number of hydrogen-bond donors (Lipinski definition) is 0. The van der Waals surface area contributed by atoms with Crippen LogP contribution in [0.3, 0.4) is 0 Å². The molecular formula is C18H19F2N5O. The number of halogens is 2. The predicted octanol–water partition coefficient (Wildman–Crippen LogP) is 2.80. The van der Waals surface area contributed by atoms with Crippen molar-refractivity contribution in [2.75, 3.05) is 6.54 Å². The van der Waals surface area contributed by atoms with Gasteiger partial charge >= 0.3 is 0 Å². The Kier molecular flexibility index (Phi) is 4.40. The Bertz CT molecular complexity index is 919. The zero-order valence-corrected chi connectivity index (χ0v) is 14.1. The van der Waals surface area contributed by atoms with Gasteiger partial charge in [0.05, 0.1) is 23.4 Å². The average molecular weight is 359 g/mol. The maximum atomic E-state index is 12.8. The summed E-state index contributed by atoms with van der Waals surface area (Å²) in [5.41, 5.74) is 2.18. The summed E-state index contributed by atoms with van der Waals surface area (Å²) in [7, 11) is 0. The number of rotatable bonds is 5. The second-order valence-electron chi connectivity index (χ2n) is 6.49. The molecule has 8 heteroatoms. The van der Waals surface area contributed by atoms with Crippen LogP contribution in [0.1, 0.15) is 23.3 Å². The van der Waals surface area contributed by atoms with Gasteiger partial charge in [0.1, 0.15) is 12.2 Å². The molecule has 1 saturated heterocycles. The summed E-state index contributed by atoms with van der Waals surface area (Å²) in [5, 5.41) is 4.00. The van der Waals surface area contributed by atoms with Gasteiger partial charge < -0.3 is 9.47 Å². The van der Waals surface area contributed by atoms with Crippen molar-refractivity contribution < 1.29 is 13.6 Å². The number of hydrogen-bond acceptors (Lipinski definition) is 3. The van der Waals surface area contributed by atoms with Crippen molar-refractivity contribution >= 4 is 16.9 Å². The van der Waals surface area contributed by atoms with Crippen molar-refractivity contribution in [3.8, 4) is 0 Å². The van der Waals surface area contributed by atoms with E-state index < -0.39 is 13.0 Å². The smallest absolute Gasteiger partial charge is 0.274 e. The number of amides is 1. The molecule has 0 radical (unpaired) electrons. The first kappa shape index (κ1) is 16.7. The molecule has 0 aliphatic carbocycles. The molecule has 136 valence electrons. The maximum Gasteiger partial charge on any atom is 0.274 e. The van der Waals surface area contributed by atoms with Gasteiger partial charge in [0.2, 0.25) is 0 Å². The van der Waals surface area contributed by atoms with Crippen molar-refractivity contribution in [3.63, 3.8) is 0 Å². The number of benzene rings is 1. The number of carbonyl (C=O) groups excluding carboxylic acids is 1. The molecule has 0 bridgehead atoms. The Labute approximate surface area is 149 Å². The lowest BCUT2D eigenvalue weighted by atomic mass is 10.2. The van der Waals surface area contributed by atoms with Crippen LogP contribution in [0.15, 0.2) is 42.9 Å². The fourth-order valence-corrected chi connectivity index (χ4v) is 3.54. The molecule has 1 atom stereocenters. The van der Waals surface area contributed by atoms with Crippen LogP contribution in [-0.4, -0.2) is 49.2 Å². The summed E-state index contributed by atoms with van der Waals surface area (Å²) in [6.07, 6.45) is 2.54. The maximum absolute atomic E-state index is 12.8. The fraction of sp³-hybridized carbons (Fsp3) is 0.389. The number of nitrogens with zero attached hydrogens (tertiary/aromatic N) is 5. The third kappa shape index (κ3) is 3.18. The molecule has 1 aromatic carbocycles. The summed E-state index contributed by atoms with van der Waals surface area (Å²) in [6, 6.07) is 9.43. The second-order valence-corrected chi connectivity index (χ2v) is 6.49. The van der Waals surface area contributed by atoms with E-state index in [1.54, 1.807) is 11.2 Å². The van der Waals surface area contributed by atoms with Gasteiger partial charge in [-0.2, -0.15) is 5.10 Å². The van der Waals surface area contributed by atoms with E-state index in [-0.39, 0.29) is 17.6 Å². The first-order valence-electron chi connectivity index (χ1n) is 8.64. The zero-order valence-electron chi connectivity index (χ0n) is 14.1. The summed E-state index contributed by atoms with van der Waals surface area (Å²) < 4.78 is 28.1. The van der Waals surface area contributed by atoms with Crippen LogP contribution in [0.5, 0.6) is 0 Å². The predicted molar refractivity (Wildman–Crippen MR) is 92.0 cm³/mol. The molecule has 6 nitrogen and oxygen atoms in total. The average Bonchev–Trinajstić information content (AvgIpc) is 3.35. The highest BCUT2D eigenvalue weighted by molar-refractivity contribution is 5.92. The first-order chi connectivity index (χ1) is 12.6. The number of imidazole rings is 1. The SMILES string of the molecule is O=C(c1ccn(CC(F)F)n1)N1CCCC1Cn1cnc2ccccc21. The van der Waals surface area contributed by atoms with Crippen LogP contribution in [0, 0.1) is 0 Å². The Morgan fingerprint density at radius 2 is 2.12 bits per heavy atom. The Hall–Kier alpha value is -2.77. The van der Waals surface area contributed by atoms with Gasteiger partial charge in [0, 0.05) is 19.3 Å². The van der Waals surface area contributed by atoms with Crippen molar-refractivity contribution in [3.05, 3.63) is 48.5 Å². The van der Waals surface area contributed by atoms with Crippen molar-refractivity contribution in [1.82, 2.24) is 24.2 Å². The van der Waals surface area contributed by atoms with Crippen LogP contribution >= 0.6 is 0 Å². The molecule has 4 rings (SSSR count). The summed E-state index contributed by atoms with van der Waals surface area (Å²) in [5.74, 6) is -0.204. The molecule has 3 heterocycles. The minimum absolute atomic E-state index is 0.0420. The van der Waals surface area contributed by atoms with Gasteiger partial charge in [-0.3, -0.25) is 9.48 Å². The monoisotopic (exact) mass is 359 g/mol. The van der Waals surface area contributed by atoms with Gasteiger partial charge in [0.25, 0.3) is 12.3 Å². The van der Waals surface area contributed by atoms with Gasteiger partial charge in [-0.25, -0.2) is 13.8 Å². The van der Waals surface area contributed by atoms with Gasteiger partial charge in [-0.1, -0.05) is 12.1 Å². The lowest BCUT2D eigenvalue weighted by Gasteiger charge is -2.24. The van der Waals surface area contributed by atoms with Crippen LogP contribution < -0.4 is 0 Å². The number of carbonyl (C=O) groups is 1. The lowest BCUT2D eigenvalue weighted by Crippen LogP contribution is -2.38. The number of fused-ring (bicyclic) bond motifs is 1. The quantitative estimate of drug-likeness (QED) is 0.704. The van der Waals surface area contributed by atoms with Crippen LogP contribution in [-0.2, 0) is 13.1 Å². The molecule has 1 fully saturated rings. The normalized spacial score (nSPS) is 17.5. The highest BCUT2D eigenvalue weighted by Crippen LogP contribution is 2.23. The van der Waals surface area contributed by atoms with Crippen molar-refractivity contribution in [2.24, 2.45) is 0 Å². The number of para-hydroxylation sites is 2. The molecule has 0 saturated carbocycles. The van der Waals surface area contributed by atoms with E-state index in [1.165, 1.54) is 12.3 Å². The van der Waals surface area contributed by atoms with Crippen molar-refractivity contribution in [1.29, 1.82) is 0 Å². The second kappa shape index (κ2) is 6.86. The fourth-order valence-electron chi connectivity index (χ4n) is 3.54. The van der Waals surface area contributed by atoms with Crippen LogP contribution in [0.4, 0.5) is 8.78 Å². The third-order valence-corrected chi connectivity index (χ3v) is 4.76. The minimum atomic E-state index is -2.49. The lowest BCUT2D eigenvalue weighted by molar-refractivity contribution is 0.0715. The molecule has 1 unspecified atom stereocenters. The number of likely N-dealkylation sites (tertiary alicyclic amines) is 1. The molecule has 1 aliphatic rings. The van der Waals surface area contributed by atoms with E-state index in [0.29, 0.717) is 13.1 Å². The van der Waals surface area contributed by atoms with Crippen molar-refractivity contribution in [2.45, 2.75) is 38.4 Å². The summed E-state index contributed by atoms with van der Waals surface area (Å²) in [6.45, 7) is 0.805. The van der Waals surface area contributed by atoms with Crippen LogP contribution in [0.2, 0.25) is 0 Å². The Morgan fingerprint density at radius 3 is 2.96 bits per heavy atom. The zero-order chi connectivity index (χ0) is 18.1. The molecular weight excluding hydrogens is 340 g/mol. The van der Waals surface area contributed by atoms with E-state index >= 15 is 0 Å². The molecule has 0 N–H and O–H groups in total. The highest BCUT2D eigenvalue weighted by atomic mass is 19.3. The topological polar surface area (TPSA) is 56.0 Å². The summed E-state index contributed by atoms with van der Waals surface area (Å²) >= 11 is 0. The third-order valence-electron chi connectivity index (χ3n) is 4.76. The molecule has 1 amide bonds. The van der Waals surface area contributed by atoms with Gasteiger partial charge in [0.15, 0.2) is 0 Å². The van der Waals surface area contributed by atoms with E-state index in [1.807, 2.05) is 24.3 Å². The van der Waals surface area contributed by atoms with Gasteiger partial charge in [-0.05, 0) is 31.0 Å². The van der Waals surface area contributed by atoms with Gasteiger partial charge in [-0.15, -0.1) is 0 Å². The molecule has 3 aromatic rings.